The van der Waals surface area contributed by atoms with Crippen molar-refractivity contribution in [1.82, 2.24) is 10.2 Å². The maximum atomic E-state index is 14.3. The summed E-state index contributed by atoms with van der Waals surface area (Å²) in [4.78, 5) is 42.6. The van der Waals surface area contributed by atoms with Gasteiger partial charge in [-0.3, -0.25) is 9.59 Å². The van der Waals surface area contributed by atoms with Gasteiger partial charge in [0.25, 0.3) is 5.91 Å². The molecule has 8 nitrogen and oxygen atoms in total. The number of rotatable bonds is 13. The number of carbonyl (C=O) groups excluding carboxylic acids is 3. The third kappa shape index (κ3) is 10.5. The van der Waals surface area contributed by atoms with Crippen LogP contribution in [0, 0.1) is 12.8 Å². The fourth-order valence-electron chi connectivity index (χ4n) is 4.46. The molecule has 8 heteroatoms. The van der Waals surface area contributed by atoms with Gasteiger partial charge in [0.15, 0.2) is 0 Å². The summed E-state index contributed by atoms with van der Waals surface area (Å²) in [5, 5.41) is 15.7. The molecule has 0 aliphatic rings. The number of nitrogens with zero attached hydrogens (tertiary/aromatic N) is 1. The minimum absolute atomic E-state index is 0.0620. The Morgan fingerprint density at radius 2 is 1.62 bits per heavy atom. The van der Waals surface area contributed by atoms with Gasteiger partial charge in [-0.2, -0.15) is 0 Å². The van der Waals surface area contributed by atoms with Gasteiger partial charge in [0, 0.05) is 12.2 Å². The third-order valence-corrected chi connectivity index (χ3v) is 6.40. The van der Waals surface area contributed by atoms with E-state index in [1.165, 1.54) is 12.1 Å². The van der Waals surface area contributed by atoms with Crippen LogP contribution in [0.3, 0.4) is 0 Å². The molecule has 2 aromatic rings. The molecule has 2 aromatic carbocycles. The lowest BCUT2D eigenvalue weighted by molar-refractivity contribution is -0.141. The van der Waals surface area contributed by atoms with E-state index in [9.17, 15) is 19.5 Å². The minimum atomic E-state index is -0.982. The van der Waals surface area contributed by atoms with Crippen molar-refractivity contribution in [1.29, 1.82) is 0 Å². The highest BCUT2D eigenvalue weighted by Gasteiger charge is 2.36. The Labute approximate surface area is 239 Å². The second-order valence-electron chi connectivity index (χ2n) is 11.7. The van der Waals surface area contributed by atoms with Crippen molar-refractivity contribution in [3.8, 4) is 5.75 Å². The van der Waals surface area contributed by atoms with Gasteiger partial charge in [0.2, 0.25) is 5.91 Å². The van der Waals surface area contributed by atoms with Crippen molar-refractivity contribution >= 4 is 23.6 Å². The van der Waals surface area contributed by atoms with E-state index in [1.807, 2.05) is 45.0 Å². The highest BCUT2D eigenvalue weighted by molar-refractivity contribution is 5.99. The number of carbonyl (C=O) groups is 3. The summed E-state index contributed by atoms with van der Waals surface area (Å²) in [5.74, 6) is -0.566. The van der Waals surface area contributed by atoms with Crippen LogP contribution in [-0.4, -0.2) is 46.1 Å². The average Bonchev–Trinajstić information content (AvgIpc) is 2.86. The van der Waals surface area contributed by atoms with Gasteiger partial charge in [0.1, 0.15) is 23.4 Å². The molecule has 2 rings (SSSR count). The fourth-order valence-corrected chi connectivity index (χ4v) is 4.46. The molecule has 3 amide bonds. The molecule has 40 heavy (non-hydrogen) atoms. The predicted molar refractivity (Wildman–Crippen MR) is 159 cm³/mol. The molecule has 0 bridgehead atoms. The number of anilines is 1. The number of benzene rings is 2. The van der Waals surface area contributed by atoms with Crippen molar-refractivity contribution in [2.45, 2.75) is 98.3 Å². The quantitative estimate of drug-likeness (QED) is 0.238. The number of aryl methyl sites for hydroxylation is 1. The summed E-state index contributed by atoms with van der Waals surface area (Å²) in [7, 11) is 0. The number of ether oxygens (including phenoxy) is 1. The van der Waals surface area contributed by atoms with Crippen LogP contribution in [0.15, 0.2) is 48.5 Å². The predicted octanol–water partition coefficient (Wildman–Crippen LogP) is 6.73. The maximum Gasteiger partial charge on any atom is 0.408 e. The molecule has 0 spiro atoms. The number of hydrogen-bond donors (Lipinski definition) is 3. The number of hydrogen-bond acceptors (Lipinski definition) is 5. The number of phenolic OH excluding ortho intramolecular Hbond substituents is 1. The van der Waals surface area contributed by atoms with Crippen LogP contribution >= 0.6 is 0 Å². The third-order valence-electron chi connectivity index (χ3n) is 6.40. The van der Waals surface area contributed by atoms with Gasteiger partial charge >= 0.3 is 6.09 Å². The Bertz CT molecular complexity index is 1110. The molecule has 0 fully saturated rings. The van der Waals surface area contributed by atoms with Gasteiger partial charge in [-0.05, 0) is 75.8 Å². The maximum absolute atomic E-state index is 14.3. The van der Waals surface area contributed by atoms with E-state index in [4.69, 9.17) is 4.74 Å². The number of amides is 3. The Balaban J connectivity index is 2.53. The van der Waals surface area contributed by atoms with Gasteiger partial charge in [0.05, 0.1) is 0 Å². The molecular weight excluding hydrogens is 506 g/mol. The topological polar surface area (TPSA) is 108 Å². The summed E-state index contributed by atoms with van der Waals surface area (Å²) in [6.45, 7) is 13.6. The molecule has 3 N–H and O–H groups in total. The van der Waals surface area contributed by atoms with Crippen LogP contribution in [-0.2, 0) is 14.3 Å². The smallest absolute Gasteiger partial charge is 0.408 e. The van der Waals surface area contributed by atoms with E-state index >= 15 is 0 Å². The lowest BCUT2D eigenvalue weighted by atomic mass is 9.98. The van der Waals surface area contributed by atoms with Gasteiger partial charge in [-0.15, -0.1) is 0 Å². The number of alkyl carbamates (subject to hydrolysis) is 1. The molecule has 0 radical (unpaired) electrons. The van der Waals surface area contributed by atoms with Crippen LogP contribution in [0.25, 0.3) is 0 Å². The first-order valence-electron chi connectivity index (χ1n) is 14.3. The second kappa shape index (κ2) is 15.3. The zero-order chi connectivity index (χ0) is 29.9. The molecule has 0 saturated heterocycles. The fraction of sp³-hybridized carbons (Fsp3) is 0.531. The summed E-state index contributed by atoms with van der Waals surface area (Å²) < 4.78 is 5.46. The van der Waals surface area contributed by atoms with E-state index in [0.29, 0.717) is 30.6 Å². The molecule has 2 unspecified atom stereocenters. The lowest BCUT2D eigenvalue weighted by Gasteiger charge is -2.35. The van der Waals surface area contributed by atoms with Crippen molar-refractivity contribution in [2.75, 3.05) is 11.9 Å². The van der Waals surface area contributed by atoms with E-state index in [0.717, 1.165) is 24.8 Å². The number of para-hydroxylation sites is 1. The van der Waals surface area contributed by atoms with E-state index in [-0.39, 0.29) is 23.5 Å². The molecule has 0 aliphatic heterocycles. The summed E-state index contributed by atoms with van der Waals surface area (Å²) in [5.41, 5.74) is 1.39. The SMILES string of the molecule is CCCCCCN(C(=O)C(CC(C)C)NC(=O)OC(C)(C)C)C(C(=O)Nc1ccccc1C)c1ccc(O)cc1. The van der Waals surface area contributed by atoms with Crippen LogP contribution in [0.2, 0.25) is 0 Å². The summed E-state index contributed by atoms with van der Waals surface area (Å²) in [6.07, 6.45) is 3.34. The van der Waals surface area contributed by atoms with Crippen molar-refractivity contribution in [2.24, 2.45) is 5.92 Å². The zero-order valence-corrected chi connectivity index (χ0v) is 25.1. The van der Waals surface area contributed by atoms with Gasteiger partial charge in [-0.1, -0.05) is 70.4 Å². The molecule has 220 valence electrons. The van der Waals surface area contributed by atoms with Crippen LogP contribution in [0.5, 0.6) is 5.75 Å². The van der Waals surface area contributed by atoms with Gasteiger partial charge in [-0.25, -0.2) is 4.79 Å². The van der Waals surface area contributed by atoms with Crippen molar-refractivity contribution in [3.63, 3.8) is 0 Å². The monoisotopic (exact) mass is 553 g/mol. The lowest BCUT2D eigenvalue weighted by Crippen LogP contribution is -2.53. The largest absolute Gasteiger partial charge is 0.508 e. The Hall–Kier alpha value is -3.55. The zero-order valence-electron chi connectivity index (χ0n) is 25.1. The Morgan fingerprint density at radius 1 is 0.975 bits per heavy atom. The number of nitrogens with one attached hydrogen (secondary N) is 2. The first-order chi connectivity index (χ1) is 18.8. The number of aromatic hydroxyl groups is 1. The van der Waals surface area contributed by atoms with Crippen LogP contribution < -0.4 is 10.6 Å². The van der Waals surface area contributed by atoms with E-state index in [2.05, 4.69) is 17.6 Å². The number of phenols is 1. The molecule has 0 aliphatic carbocycles. The summed E-state index contributed by atoms with van der Waals surface area (Å²) in [6, 6.07) is 11.9. The molecular formula is C32H47N3O5. The molecule has 0 aromatic heterocycles. The Kier molecular flexibility index (Phi) is 12.5. The van der Waals surface area contributed by atoms with Crippen LogP contribution in [0.1, 0.15) is 90.8 Å². The highest BCUT2D eigenvalue weighted by Crippen LogP contribution is 2.28. The van der Waals surface area contributed by atoms with Gasteiger partial charge < -0.3 is 25.4 Å². The van der Waals surface area contributed by atoms with E-state index < -0.39 is 23.8 Å². The first kappa shape index (κ1) is 32.7. The Morgan fingerprint density at radius 3 is 2.20 bits per heavy atom. The van der Waals surface area contributed by atoms with E-state index in [1.54, 1.807) is 37.8 Å². The molecule has 0 saturated carbocycles. The summed E-state index contributed by atoms with van der Waals surface area (Å²) >= 11 is 0. The van der Waals surface area contributed by atoms with Crippen molar-refractivity contribution < 1.29 is 24.2 Å². The van der Waals surface area contributed by atoms with Crippen LogP contribution in [0.4, 0.5) is 10.5 Å². The average molecular weight is 554 g/mol. The number of unbranched alkanes of at least 4 members (excludes halogenated alkanes) is 3. The highest BCUT2D eigenvalue weighted by atomic mass is 16.6. The standard InChI is InChI=1S/C32H47N3O5/c1-8-9-10-13-20-35(30(38)27(21-22(2)3)34-31(39)40-32(5,6)7)28(24-16-18-25(36)19-17-24)29(37)33-26-15-12-11-14-23(26)4/h11-12,14-19,22,27-28,36H,8-10,13,20-21H2,1-7H3,(H,33,37)(H,34,39). The minimum Gasteiger partial charge on any atom is -0.508 e. The molecule has 2 atom stereocenters. The normalized spacial score (nSPS) is 12.9. The molecule has 0 heterocycles. The first-order valence-corrected chi connectivity index (χ1v) is 14.3. The second-order valence-corrected chi connectivity index (χ2v) is 11.7. The van der Waals surface area contributed by atoms with Crippen molar-refractivity contribution in [3.05, 3.63) is 59.7 Å².